The minimum Gasteiger partial charge on any atom is -0.455 e. The number of likely N-dealkylation sites (N-methyl/N-ethyl adjacent to an activating group) is 1. The number of carbonyl (C=O) groups is 1. The first-order valence-electron chi connectivity index (χ1n) is 6.99. The van der Waals surface area contributed by atoms with Crippen molar-refractivity contribution < 1.29 is 9.53 Å². The number of hydrogen-bond donors (Lipinski definition) is 0. The molecule has 1 aliphatic heterocycles. The van der Waals surface area contributed by atoms with Crippen LogP contribution in [-0.2, 0) is 4.74 Å². The quantitative estimate of drug-likeness (QED) is 0.771. The van der Waals surface area contributed by atoms with E-state index in [0.29, 0.717) is 5.69 Å². The van der Waals surface area contributed by atoms with Crippen molar-refractivity contribution in [1.82, 2.24) is 9.88 Å². The summed E-state index contributed by atoms with van der Waals surface area (Å²) in [5.41, 5.74) is -0.126. The Morgan fingerprint density at radius 3 is 2.45 bits per heavy atom. The lowest BCUT2D eigenvalue weighted by atomic mass is 10.2. The minimum absolute atomic E-state index is 0.367. The molecule has 0 N–H and O–H groups in total. The maximum atomic E-state index is 12.0. The lowest BCUT2D eigenvalue weighted by Gasteiger charge is -2.33. The number of carbonyl (C=O) groups excluding carboxylic acids is 1. The highest BCUT2D eigenvalue weighted by Crippen LogP contribution is 2.16. The molecule has 0 radical (unpaired) electrons. The highest BCUT2D eigenvalue weighted by atomic mass is 16.6. The maximum Gasteiger partial charge on any atom is 0.357 e. The lowest BCUT2D eigenvalue weighted by molar-refractivity contribution is 0.00629. The molecule has 1 aliphatic rings. The van der Waals surface area contributed by atoms with Gasteiger partial charge in [-0.25, -0.2) is 9.78 Å². The smallest absolute Gasteiger partial charge is 0.357 e. The third-order valence-corrected chi connectivity index (χ3v) is 3.17. The number of nitrogens with zero attached hydrogens (tertiary/aromatic N) is 3. The average Bonchev–Trinajstić information content (AvgIpc) is 2.38. The zero-order chi connectivity index (χ0) is 14.8. The first kappa shape index (κ1) is 14.8. The number of anilines is 1. The van der Waals surface area contributed by atoms with Gasteiger partial charge in [0.15, 0.2) is 5.69 Å². The monoisotopic (exact) mass is 277 g/mol. The summed E-state index contributed by atoms with van der Waals surface area (Å²) in [4.78, 5) is 21.0. The Morgan fingerprint density at radius 1 is 1.20 bits per heavy atom. The van der Waals surface area contributed by atoms with Gasteiger partial charge < -0.3 is 14.5 Å². The zero-order valence-corrected chi connectivity index (χ0v) is 12.7. The molecular weight excluding hydrogens is 254 g/mol. The van der Waals surface area contributed by atoms with Gasteiger partial charge >= 0.3 is 5.97 Å². The van der Waals surface area contributed by atoms with E-state index in [0.717, 1.165) is 32.0 Å². The fourth-order valence-electron chi connectivity index (χ4n) is 2.08. The van der Waals surface area contributed by atoms with Crippen molar-refractivity contribution in [3.8, 4) is 0 Å². The van der Waals surface area contributed by atoms with Crippen LogP contribution in [-0.4, -0.2) is 54.7 Å². The summed E-state index contributed by atoms with van der Waals surface area (Å²) in [6, 6.07) is 5.51. The van der Waals surface area contributed by atoms with Gasteiger partial charge in [-0.15, -0.1) is 0 Å². The van der Waals surface area contributed by atoms with Gasteiger partial charge in [-0.1, -0.05) is 6.07 Å². The van der Waals surface area contributed by atoms with Gasteiger partial charge in [0.2, 0.25) is 0 Å². The number of rotatable bonds is 2. The fraction of sp³-hybridized carbons (Fsp3) is 0.600. The van der Waals surface area contributed by atoms with Crippen molar-refractivity contribution in [3.05, 3.63) is 23.9 Å². The molecule has 1 saturated heterocycles. The van der Waals surface area contributed by atoms with Gasteiger partial charge in [0.05, 0.1) is 0 Å². The van der Waals surface area contributed by atoms with Crippen molar-refractivity contribution in [1.29, 1.82) is 0 Å². The Bertz CT molecular complexity index is 474. The molecule has 5 nitrogen and oxygen atoms in total. The predicted octanol–water partition coefficient (Wildman–Crippen LogP) is 1.79. The molecule has 1 aromatic heterocycles. The first-order valence-corrected chi connectivity index (χ1v) is 6.99. The number of ether oxygens (including phenoxy) is 1. The van der Waals surface area contributed by atoms with Gasteiger partial charge in [0.1, 0.15) is 11.4 Å². The molecule has 110 valence electrons. The number of pyridine rings is 1. The van der Waals surface area contributed by atoms with Crippen LogP contribution in [0.25, 0.3) is 0 Å². The van der Waals surface area contributed by atoms with Crippen LogP contribution in [0.1, 0.15) is 31.3 Å². The fourth-order valence-corrected chi connectivity index (χ4v) is 2.08. The summed E-state index contributed by atoms with van der Waals surface area (Å²) in [6.45, 7) is 9.46. The van der Waals surface area contributed by atoms with E-state index < -0.39 is 5.60 Å². The van der Waals surface area contributed by atoms with E-state index in [1.54, 1.807) is 6.07 Å². The predicted molar refractivity (Wildman–Crippen MR) is 79.1 cm³/mol. The average molecular weight is 277 g/mol. The Hall–Kier alpha value is -1.62. The van der Waals surface area contributed by atoms with Crippen molar-refractivity contribution in [2.24, 2.45) is 0 Å². The molecule has 5 heteroatoms. The molecule has 2 rings (SSSR count). The number of aromatic nitrogens is 1. The lowest BCUT2D eigenvalue weighted by Crippen LogP contribution is -2.44. The van der Waals surface area contributed by atoms with Gasteiger partial charge in [0, 0.05) is 26.2 Å². The van der Waals surface area contributed by atoms with Crippen LogP contribution < -0.4 is 4.90 Å². The van der Waals surface area contributed by atoms with Crippen LogP contribution in [0.4, 0.5) is 5.82 Å². The molecule has 0 saturated carbocycles. The molecule has 0 unspecified atom stereocenters. The van der Waals surface area contributed by atoms with Gasteiger partial charge in [-0.3, -0.25) is 0 Å². The molecule has 20 heavy (non-hydrogen) atoms. The normalized spacial score (nSPS) is 17.1. The van der Waals surface area contributed by atoms with Gasteiger partial charge in [-0.2, -0.15) is 0 Å². The van der Waals surface area contributed by atoms with E-state index in [9.17, 15) is 4.79 Å². The SMILES string of the molecule is CN1CCN(c2cccc(C(=O)OC(C)(C)C)n2)CC1. The minimum atomic E-state index is -0.497. The number of esters is 1. The third kappa shape index (κ3) is 3.93. The number of hydrogen-bond acceptors (Lipinski definition) is 5. The van der Waals surface area contributed by atoms with Crippen molar-refractivity contribution in [2.75, 3.05) is 38.1 Å². The molecule has 0 aromatic carbocycles. The van der Waals surface area contributed by atoms with Gasteiger partial charge in [0.25, 0.3) is 0 Å². The number of piperazine rings is 1. The second-order valence-electron chi connectivity index (χ2n) is 6.17. The standard InChI is InChI=1S/C15H23N3O2/c1-15(2,3)20-14(19)12-6-5-7-13(16-12)18-10-8-17(4)9-11-18/h5-7H,8-11H2,1-4H3. The Balaban J connectivity index is 2.10. The van der Waals surface area contributed by atoms with Crippen LogP contribution in [0, 0.1) is 0 Å². The van der Waals surface area contributed by atoms with Crippen molar-refractivity contribution >= 4 is 11.8 Å². The Morgan fingerprint density at radius 2 is 1.85 bits per heavy atom. The van der Waals surface area contributed by atoms with E-state index in [-0.39, 0.29) is 5.97 Å². The molecule has 0 bridgehead atoms. The van der Waals surface area contributed by atoms with E-state index in [1.165, 1.54) is 0 Å². The van der Waals surface area contributed by atoms with E-state index in [1.807, 2.05) is 32.9 Å². The molecule has 0 spiro atoms. The van der Waals surface area contributed by atoms with E-state index in [4.69, 9.17) is 4.74 Å². The topological polar surface area (TPSA) is 45.7 Å². The van der Waals surface area contributed by atoms with Crippen LogP contribution >= 0.6 is 0 Å². The van der Waals surface area contributed by atoms with E-state index >= 15 is 0 Å². The molecule has 1 fully saturated rings. The third-order valence-electron chi connectivity index (χ3n) is 3.17. The van der Waals surface area contributed by atoms with Crippen LogP contribution in [0.2, 0.25) is 0 Å². The highest BCUT2D eigenvalue weighted by molar-refractivity contribution is 5.88. The summed E-state index contributed by atoms with van der Waals surface area (Å²) in [6.07, 6.45) is 0. The molecule has 0 aliphatic carbocycles. The molecule has 0 amide bonds. The van der Waals surface area contributed by atoms with Crippen LogP contribution in [0.5, 0.6) is 0 Å². The first-order chi connectivity index (χ1) is 9.35. The van der Waals surface area contributed by atoms with Crippen molar-refractivity contribution in [2.45, 2.75) is 26.4 Å². The van der Waals surface area contributed by atoms with Crippen LogP contribution in [0.3, 0.4) is 0 Å². The van der Waals surface area contributed by atoms with Crippen LogP contribution in [0.15, 0.2) is 18.2 Å². The molecule has 2 heterocycles. The highest BCUT2D eigenvalue weighted by Gasteiger charge is 2.21. The van der Waals surface area contributed by atoms with E-state index in [2.05, 4.69) is 21.8 Å². The summed E-state index contributed by atoms with van der Waals surface area (Å²) in [7, 11) is 2.11. The second kappa shape index (κ2) is 5.79. The van der Waals surface area contributed by atoms with Crippen molar-refractivity contribution in [3.63, 3.8) is 0 Å². The summed E-state index contributed by atoms with van der Waals surface area (Å²) in [5.74, 6) is 0.481. The largest absolute Gasteiger partial charge is 0.455 e. The molecule has 1 aromatic rings. The summed E-state index contributed by atoms with van der Waals surface area (Å²) < 4.78 is 5.35. The zero-order valence-electron chi connectivity index (χ0n) is 12.7. The maximum absolute atomic E-state index is 12.0. The van der Waals surface area contributed by atoms with Gasteiger partial charge in [-0.05, 0) is 40.0 Å². The summed E-state index contributed by atoms with van der Waals surface area (Å²) in [5, 5.41) is 0. The molecule has 0 atom stereocenters. The Kier molecular flexibility index (Phi) is 4.28. The molecular formula is C15H23N3O2. The summed E-state index contributed by atoms with van der Waals surface area (Å²) >= 11 is 0. The Labute approximate surface area is 120 Å². The second-order valence-corrected chi connectivity index (χ2v) is 6.17.